The Balaban J connectivity index is 1.49. The molecule has 0 aromatic carbocycles. The van der Waals surface area contributed by atoms with Gasteiger partial charge in [-0.25, -0.2) is 0 Å². The summed E-state index contributed by atoms with van der Waals surface area (Å²) in [6, 6.07) is 0. The predicted molar refractivity (Wildman–Crippen MR) is 80.5 cm³/mol. The minimum Gasteiger partial charge on any atom is -0.457 e. The molecular weight excluding hydrogens is 298 g/mol. The number of anilines is 2. The Morgan fingerprint density at radius 2 is 1.74 bits per heavy atom. The van der Waals surface area contributed by atoms with Crippen LogP contribution in [0.3, 0.4) is 0 Å². The first-order chi connectivity index (χ1) is 10.9. The fourth-order valence-electron chi connectivity index (χ4n) is 5.26. The normalized spacial score (nSPS) is 37.8. The lowest BCUT2D eigenvalue weighted by molar-refractivity contribution is -0.197. The number of hydrogen-bond acceptors (Lipinski definition) is 8. The van der Waals surface area contributed by atoms with Crippen LogP contribution in [0.25, 0.3) is 0 Å². The molecule has 8 heteroatoms. The number of carbonyl (C=O) groups is 1. The van der Waals surface area contributed by atoms with Crippen molar-refractivity contribution in [3.05, 3.63) is 5.82 Å². The van der Waals surface area contributed by atoms with Gasteiger partial charge >= 0.3 is 5.97 Å². The van der Waals surface area contributed by atoms with Crippen molar-refractivity contribution in [1.29, 1.82) is 0 Å². The molecule has 4 aliphatic rings. The number of nitrogens with zero attached hydrogens (tertiary/aromatic N) is 3. The highest BCUT2D eigenvalue weighted by Crippen LogP contribution is 2.61. The van der Waals surface area contributed by atoms with Crippen LogP contribution in [0.15, 0.2) is 0 Å². The van der Waals surface area contributed by atoms with E-state index in [1.54, 1.807) is 0 Å². The van der Waals surface area contributed by atoms with Gasteiger partial charge in [-0.2, -0.15) is 15.0 Å². The molecule has 4 aliphatic carbocycles. The summed E-state index contributed by atoms with van der Waals surface area (Å²) in [5.41, 5.74) is 9.79. The zero-order valence-electron chi connectivity index (χ0n) is 12.9. The molecule has 0 saturated heterocycles. The van der Waals surface area contributed by atoms with Crippen molar-refractivity contribution < 1.29 is 14.6 Å². The Hall–Kier alpha value is -1.96. The number of aliphatic hydroxyl groups is 1. The van der Waals surface area contributed by atoms with Crippen LogP contribution in [0.4, 0.5) is 11.9 Å². The molecule has 124 valence electrons. The average molecular weight is 319 g/mol. The number of aromatic nitrogens is 3. The second-order valence-electron chi connectivity index (χ2n) is 7.51. The molecule has 4 fully saturated rings. The van der Waals surface area contributed by atoms with E-state index in [0.29, 0.717) is 18.3 Å². The van der Waals surface area contributed by atoms with Gasteiger partial charge < -0.3 is 21.3 Å². The molecule has 0 spiro atoms. The van der Waals surface area contributed by atoms with Gasteiger partial charge in [-0.1, -0.05) is 0 Å². The highest BCUT2D eigenvalue weighted by Gasteiger charge is 2.60. The van der Waals surface area contributed by atoms with Gasteiger partial charge in [0.05, 0.1) is 11.0 Å². The Morgan fingerprint density at radius 3 is 2.30 bits per heavy atom. The molecule has 4 bridgehead atoms. The van der Waals surface area contributed by atoms with Crippen molar-refractivity contribution in [3.8, 4) is 0 Å². The molecular formula is C15H21N5O3. The topological polar surface area (TPSA) is 137 Å². The van der Waals surface area contributed by atoms with E-state index in [1.807, 2.05) is 0 Å². The average Bonchev–Trinajstić information content (AvgIpc) is 2.41. The van der Waals surface area contributed by atoms with Gasteiger partial charge in [0.15, 0.2) is 12.4 Å². The van der Waals surface area contributed by atoms with Gasteiger partial charge in [0.1, 0.15) is 0 Å². The first-order valence-corrected chi connectivity index (χ1v) is 8.01. The molecule has 1 heterocycles. The van der Waals surface area contributed by atoms with Crippen molar-refractivity contribution in [2.75, 3.05) is 11.5 Å². The largest absolute Gasteiger partial charge is 0.457 e. The molecule has 23 heavy (non-hydrogen) atoms. The lowest BCUT2D eigenvalue weighted by atomic mass is 9.48. The van der Waals surface area contributed by atoms with Crippen LogP contribution in [0.2, 0.25) is 0 Å². The minimum atomic E-state index is -0.689. The van der Waals surface area contributed by atoms with Gasteiger partial charge in [0.2, 0.25) is 11.9 Å². The fraction of sp³-hybridized carbons (Fsp3) is 0.733. The summed E-state index contributed by atoms with van der Waals surface area (Å²) in [4.78, 5) is 24.2. The van der Waals surface area contributed by atoms with Gasteiger partial charge in [0.25, 0.3) is 0 Å². The predicted octanol–water partition coefficient (Wildman–Crippen LogP) is 0.410. The Kier molecular flexibility index (Phi) is 3.03. The first-order valence-electron chi connectivity index (χ1n) is 8.01. The van der Waals surface area contributed by atoms with Crippen LogP contribution in [0.5, 0.6) is 0 Å². The SMILES string of the molecule is Nc1nc(N)nc(COC(=O)C23CC4CC(CC(O)(C4)C2)C3)n1. The minimum absolute atomic E-state index is 0.00710. The number of hydrogen-bond donors (Lipinski definition) is 3. The maximum absolute atomic E-state index is 12.7. The Labute approximate surface area is 133 Å². The van der Waals surface area contributed by atoms with Gasteiger partial charge in [-0.05, 0) is 50.4 Å². The summed E-state index contributed by atoms with van der Waals surface area (Å²) in [6.45, 7) is -0.0781. The van der Waals surface area contributed by atoms with Crippen LogP contribution in [-0.2, 0) is 16.1 Å². The number of carbonyl (C=O) groups excluding carboxylic acids is 1. The number of ether oxygens (including phenoxy) is 1. The molecule has 0 amide bonds. The van der Waals surface area contributed by atoms with Crippen molar-refractivity contribution in [2.45, 2.75) is 50.7 Å². The molecule has 2 unspecified atom stereocenters. The quantitative estimate of drug-likeness (QED) is 0.681. The van der Waals surface area contributed by atoms with Crippen LogP contribution in [-0.4, -0.2) is 31.6 Å². The number of nitrogens with two attached hydrogens (primary N) is 2. The number of nitrogen functional groups attached to an aromatic ring is 2. The van der Waals surface area contributed by atoms with E-state index in [0.717, 1.165) is 32.1 Å². The standard InChI is InChI=1S/C15H21N5O3/c16-12-18-10(19-13(17)20-12)6-23-11(21)14-2-8-1-9(3-14)5-15(22,4-8)7-14/h8-9,22H,1-7H2,(H4,16,17,18,19,20). The molecule has 1 aromatic heterocycles. The fourth-order valence-corrected chi connectivity index (χ4v) is 5.26. The third-order valence-corrected chi connectivity index (χ3v) is 5.51. The molecule has 4 saturated carbocycles. The zero-order chi connectivity index (χ0) is 16.2. The summed E-state index contributed by atoms with van der Waals surface area (Å²) in [6.07, 6.45) is 4.89. The van der Waals surface area contributed by atoms with Gasteiger partial charge in [0, 0.05) is 0 Å². The molecule has 5 N–H and O–H groups in total. The summed E-state index contributed by atoms with van der Waals surface area (Å²) in [5, 5.41) is 10.7. The van der Waals surface area contributed by atoms with Crippen molar-refractivity contribution in [1.82, 2.24) is 15.0 Å². The Morgan fingerprint density at radius 1 is 1.13 bits per heavy atom. The van der Waals surface area contributed by atoms with E-state index in [4.69, 9.17) is 16.2 Å². The summed E-state index contributed by atoms with van der Waals surface area (Å²) < 4.78 is 5.45. The van der Waals surface area contributed by atoms with E-state index in [2.05, 4.69) is 15.0 Å². The van der Waals surface area contributed by atoms with Crippen LogP contribution in [0.1, 0.15) is 44.3 Å². The van der Waals surface area contributed by atoms with Crippen molar-refractivity contribution in [2.24, 2.45) is 17.3 Å². The molecule has 0 radical (unpaired) electrons. The lowest BCUT2D eigenvalue weighted by Gasteiger charge is -2.58. The highest BCUT2D eigenvalue weighted by atomic mass is 16.5. The third kappa shape index (κ3) is 2.50. The smallest absolute Gasteiger partial charge is 0.312 e. The van der Waals surface area contributed by atoms with E-state index in [-0.39, 0.29) is 30.3 Å². The molecule has 0 aliphatic heterocycles. The number of esters is 1. The number of rotatable bonds is 3. The Bertz CT molecular complexity index is 630. The van der Waals surface area contributed by atoms with Gasteiger partial charge in [-0.15, -0.1) is 0 Å². The van der Waals surface area contributed by atoms with Crippen LogP contribution in [0, 0.1) is 17.3 Å². The maximum Gasteiger partial charge on any atom is 0.312 e. The molecule has 2 atom stereocenters. The molecule has 1 aromatic rings. The second kappa shape index (κ2) is 4.77. The lowest BCUT2D eigenvalue weighted by Crippen LogP contribution is -2.58. The van der Waals surface area contributed by atoms with E-state index in [1.165, 1.54) is 0 Å². The summed E-state index contributed by atoms with van der Waals surface area (Å²) >= 11 is 0. The van der Waals surface area contributed by atoms with Gasteiger partial charge in [-0.3, -0.25) is 4.79 Å². The maximum atomic E-state index is 12.7. The van der Waals surface area contributed by atoms with E-state index < -0.39 is 11.0 Å². The van der Waals surface area contributed by atoms with Crippen LogP contribution < -0.4 is 11.5 Å². The van der Waals surface area contributed by atoms with Crippen molar-refractivity contribution in [3.63, 3.8) is 0 Å². The van der Waals surface area contributed by atoms with Crippen molar-refractivity contribution >= 4 is 17.9 Å². The molecule has 5 rings (SSSR count). The van der Waals surface area contributed by atoms with Crippen LogP contribution >= 0.6 is 0 Å². The zero-order valence-corrected chi connectivity index (χ0v) is 12.9. The van der Waals surface area contributed by atoms with E-state index in [9.17, 15) is 9.90 Å². The van der Waals surface area contributed by atoms with E-state index >= 15 is 0 Å². The second-order valence-corrected chi connectivity index (χ2v) is 7.51. The highest BCUT2D eigenvalue weighted by molar-refractivity contribution is 5.77. The monoisotopic (exact) mass is 319 g/mol. The molecule has 8 nitrogen and oxygen atoms in total. The third-order valence-electron chi connectivity index (χ3n) is 5.51. The summed E-state index contributed by atoms with van der Waals surface area (Å²) in [5.74, 6) is 0.851. The summed E-state index contributed by atoms with van der Waals surface area (Å²) in [7, 11) is 0. The first kappa shape index (κ1) is 14.6.